The Hall–Kier alpha value is -1.00. The third-order valence-corrected chi connectivity index (χ3v) is 2.61. The summed E-state index contributed by atoms with van der Waals surface area (Å²) in [5.41, 5.74) is 0.693. The lowest BCUT2D eigenvalue weighted by atomic mass is 10.1. The molecule has 0 amide bonds. The molecule has 1 N–H and O–H groups in total. The van der Waals surface area contributed by atoms with E-state index in [1.165, 1.54) is 12.5 Å². The topological polar surface area (TPSA) is 46.5 Å². The Labute approximate surface area is 89.5 Å². The summed E-state index contributed by atoms with van der Waals surface area (Å²) >= 11 is 3.29. The molecular weight excluding hydrogens is 248 g/mol. The predicted molar refractivity (Wildman–Crippen MR) is 53.9 cm³/mol. The summed E-state index contributed by atoms with van der Waals surface area (Å²) < 4.78 is 11.0. The van der Waals surface area contributed by atoms with Crippen LogP contribution in [0.2, 0.25) is 0 Å². The van der Waals surface area contributed by atoms with Crippen LogP contribution in [0.4, 0.5) is 0 Å². The van der Waals surface area contributed by atoms with Gasteiger partial charge in [0.05, 0.1) is 17.0 Å². The predicted octanol–water partition coefficient (Wildman–Crippen LogP) is 3.03. The Kier molecular flexibility index (Phi) is 2.48. The van der Waals surface area contributed by atoms with Crippen molar-refractivity contribution in [1.29, 1.82) is 0 Å². The van der Waals surface area contributed by atoms with Gasteiger partial charge >= 0.3 is 0 Å². The molecule has 0 aliphatic carbocycles. The Morgan fingerprint density at radius 3 is 2.71 bits per heavy atom. The molecule has 0 aliphatic heterocycles. The van der Waals surface area contributed by atoms with Gasteiger partial charge in [0.1, 0.15) is 11.9 Å². The number of hydrogen-bond donors (Lipinski definition) is 1. The molecular formula is C10H9BrO3. The molecule has 2 heterocycles. The lowest BCUT2D eigenvalue weighted by Gasteiger charge is -2.04. The fourth-order valence-corrected chi connectivity index (χ4v) is 1.68. The number of rotatable bonds is 2. The molecule has 0 radical (unpaired) electrons. The van der Waals surface area contributed by atoms with Crippen molar-refractivity contribution in [1.82, 2.24) is 0 Å². The molecule has 0 fully saturated rings. The molecule has 14 heavy (non-hydrogen) atoms. The van der Waals surface area contributed by atoms with Gasteiger partial charge in [0.15, 0.2) is 5.76 Å². The maximum atomic E-state index is 9.89. The van der Waals surface area contributed by atoms with Crippen LogP contribution in [-0.2, 0) is 0 Å². The molecule has 1 atom stereocenters. The molecule has 0 aliphatic rings. The van der Waals surface area contributed by atoms with Crippen LogP contribution < -0.4 is 0 Å². The molecule has 74 valence electrons. The van der Waals surface area contributed by atoms with Crippen LogP contribution in [0.25, 0.3) is 0 Å². The van der Waals surface area contributed by atoms with Gasteiger partial charge in [-0.25, -0.2) is 0 Å². The standard InChI is InChI=1S/C10H9BrO3/c1-6-4-7(5-14-6)9(12)10-8(11)2-3-13-10/h2-5,9,12H,1H3. The maximum absolute atomic E-state index is 9.89. The third kappa shape index (κ3) is 1.63. The molecule has 0 bridgehead atoms. The normalized spacial score (nSPS) is 13.1. The van der Waals surface area contributed by atoms with Gasteiger partial charge in [-0.1, -0.05) is 0 Å². The maximum Gasteiger partial charge on any atom is 0.151 e. The van der Waals surface area contributed by atoms with Crippen LogP contribution in [0.1, 0.15) is 23.2 Å². The molecule has 2 rings (SSSR count). The Balaban J connectivity index is 2.33. The molecule has 3 nitrogen and oxygen atoms in total. The van der Waals surface area contributed by atoms with Gasteiger partial charge in [0.25, 0.3) is 0 Å². The fraction of sp³-hybridized carbons (Fsp3) is 0.200. The first-order valence-corrected chi connectivity index (χ1v) is 4.94. The average molecular weight is 257 g/mol. The van der Waals surface area contributed by atoms with Crippen molar-refractivity contribution in [2.45, 2.75) is 13.0 Å². The molecule has 2 aromatic rings. The van der Waals surface area contributed by atoms with Crippen LogP contribution >= 0.6 is 15.9 Å². The van der Waals surface area contributed by atoms with Gasteiger partial charge in [-0.2, -0.15) is 0 Å². The van der Waals surface area contributed by atoms with Gasteiger partial charge in [-0.3, -0.25) is 0 Å². The lowest BCUT2D eigenvalue weighted by molar-refractivity contribution is 0.187. The third-order valence-electron chi connectivity index (χ3n) is 1.96. The van der Waals surface area contributed by atoms with E-state index in [-0.39, 0.29) is 0 Å². The number of aliphatic hydroxyl groups excluding tert-OH is 1. The summed E-state index contributed by atoms with van der Waals surface area (Å²) in [5, 5.41) is 9.89. The smallest absolute Gasteiger partial charge is 0.151 e. The molecule has 0 aromatic carbocycles. The fourth-order valence-electron chi connectivity index (χ4n) is 1.26. The highest BCUT2D eigenvalue weighted by Crippen LogP contribution is 2.30. The summed E-state index contributed by atoms with van der Waals surface area (Å²) in [6, 6.07) is 3.52. The minimum atomic E-state index is -0.781. The summed E-state index contributed by atoms with van der Waals surface area (Å²) in [6.07, 6.45) is 2.27. The van der Waals surface area contributed by atoms with Crippen molar-refractivity contribution in [3.8, 4) is 0 Å². The highest BCUT2D eigenvalue weighted by atomic mass is 79.9. The van der Waals surface area contributed by atoms with Gasteiger partial charge in [-0.05, 0) is 35.0 Å². The van der Waals surface area contributed by atoms with Crippen LogP contribution in [-0.4, -0.2) is 5.11 Å². The van der Waals surface area contributed by atoms with Gasteiger partial charge in [0, 0.05) is 5.56 Å². The summed E-state index contributed by atoms with van der Waals surface area (Å²) in [5.74, 6) is 1.26. The minimum absolute atomic E-state index is 0.491. The second kappa shape index (κ2) is 3.63. The van der Waals surface area contributed by atoms with Crippen LogP contribution in [0, 0.1) is 6.92 Å². The van der Waals surface area contributed by atoms with E-state index in [0.29, 0.717) is 11.3 Å². The largest absolute Gasteiger partial charge is 0.469 e. The molecule has 0 saturated heterocycles. The first-order chi connectivity index (χ1) is 6.68. The van der Waals surface area contributed by atoms with E-state index in [4.69, 9.17) is 8.83 Å². The molecule has 0 saturated carbocycles. The highest BCUT2D eigenvalue weighted by Gasteiger charge is 2.18. The molecule has 0 spiro atoms. The van der Waals surface area contributed by atoms with Crippen molar-refractivity contribution >= 4 is 15.9 Å². The number of aryl methyl sites for hydroxylation is 1. The highest BCUT2D eigenvalue weighted by molar-refractivity contribution is 9.10. The monoisotopic (exact) mass is 256 g/mol. The molecule has 4 heteroatoms. The van der Waals surface area contributed by atoms with E-state index in [1.807, 2.05) is 6.92 Å². The SMILES string of the molecule is Cc1cc(C(O)c2occc2Br)co1. The zero-order valence-corrected chi connectivity index (χ0v) is 9.11. The van der Waals surface area contributed by atoms with Crippen molar-refractivity contribution in [2.75, 3.05) is 0 Å². The Morgan fingerprint density at radius 2 is 2.21 bits per heavy atom. The van der Waals surface area contributed by atoms with E-state index < -0.39 is 6.10 Å². The Morgan fingerprint density at radius 1 is 1.43 bits per heavy atom. The van der Waals surface area contributed by atoms with E-state index in [0.717, 1.165) is 10.2 Å². The van der Waals surface area contributed by atoms with Crippen LogP contribution in [0.5, 0.6) is 0 Å². The summed E-state index contributed by atoms with van der Waals surface area (Å²) in [7, 11) is 0. The van der Waals surface area contributed by atoms with Gasteiger partial charge < -0.3 is 13.9 Å². The summed E-state index contributed by atoms with van der Waals surface area (Å²) in [4.78, 5) is 0. The average Bonchev–Trinajstić information content (AvgIpc) is 2.73. The quantitative estimate of drug-likeness (QED) is 0.899. The number of furan rings is 2. The number of halogens is 1. The van der Waals surface area contributed by atoms with Crippen LogP contribution in [0.15, 0.2) is 38.0 Å². The molecule has 1 unspecified atom stereocenters. The van der Waals surface area contributed by atoms with Crippen molar-refractivity contribution in [2.24, 2.45) is 0 Å². The van der Waals surface area contributed by atoms with Crippen LogP contribution in [0.3, 0.4) is 0 Å². The second-order valence-corrected chi connectivity index (χ2v) is 3.88. The minimum Gasteiger partial charge on any atom is -0.469 e. The first-order valence-electron chi connectivity index (χ1n) is 4.14. The van der Waals surface area contributed by atoms with Crippen molar-refractivity contribution in [3.05, 3.63) is 46.2 Å². The van der Waals surface area contributed by atoms with Crippen molar-refractivity contribution in [3.63, 3.8) is 0 Å². The van der Waals surface area contributed by atoms with Gasteiger partial charge in [-0.15, -0.1) is 0 Å². The van der Waals surface area contributed by atoms with Gasteiger partial charge in [0.2, 0.25) is 0 Å². The lowest BCUT2D eigenvalue weighted by Crippen LogP contribution is -1.96. The Bertz CT molecular complexity index is 430. The zero-order chi connectivity index (χ0) is 10.1. The van der Waals surface area contributed by atoms with E-state index >= 15 is 0 Å². The van der Waals surface area contributed by atoms with E-state index in [2.05, 4.69) is 15.9 Å². The summed E-state index contributed by atoms with van der Waals surface area (Å²) in [6.45, 7) is 1.83. The second-order valence-electron chi connectivity index (χ2n) is 3.03. The number of aliphatic hydroxyl groups is 1. The molecule has 2 aromatic heterocycles. The number of hydrogen-bond acceptors (Lipinski definition) is 3. The first kappa shape index (κ1) is 9.55. The van der Waals surface area contributed by atoms with E-state index in [1.54, 1.807) is 12.1 Å². The van der Waals surface area contributed by atoms with Crippen molar-refractivity contribution < 1.29 is 13.9 Å². The van der Waals surface area contributed by atoms with E-state index in [9.17, 15) is 5.11 Å². The zero-order valence-electron chi connectivity index (χ0n) is 7.53.